The van der Waals surface area contributed by atoms with Crippen molar-refractivity contribution in [3.63, 3.8) is 0 Å². The SMILES string of the molecule is [BH3-][n+]1ccn(C)c1. The molecular formula is C4H9BN2. The number of rotatable bonds is 0. The molecule has 1 rings (SSSR count). The summed E-state index contributed by atoms with van der Waals surface area (Å²) in [6, 6.07) is 0. The minimum atomic E-state index is 0.363. The molecule has 0 aromatic carbocycles. The molecular weight excluding hydrogens is 86.9 g/mol. The molecule has 0 bridgehead atoms. The molecule has 1 aromatic heterocycles. The molecule has 0 amide bonds. The largest absolute Gasteiger partial charge is 0.444 e. The smallest absolute Gasteiger partial charge is 0.195 e. The van der Waals surface area contributed by atoms with Crippen molar-refractivity contribution in [3.8, 4) is 0 Å². The van der Waals surface area contributed by atoms with Gasteiger partial charge in [0.15, 0.2) is 6.33 Å². The Morgan fingerprint density at radius 3 is 2.57 bits per heavy atom. The molecule has 2 nitrogen and oxygen atoms in total. The third-order valence-corrected chi connectivity index (χ3v) is 0.637. The lowest BCUT2D eigenvalue weighted by Gasteiger charge is -1.80. The van der Waals surface area contributed by atoms with Crippen molar-refractivity contribution in [3.05, 3.63) is 18.7 Å². The Morgan fingerprint density at radius 2 is 2.43 bits per heavy atom. The molecule has 0 unspecified atom stereocenters. The number of aryl methyl sites for hydroxylation is 1. The highest BCUT2D eigenvalue weighted by molar-refractivity contribution is 5.94. The first kappa shape index (κ1) is 4.43. The number of nitrogens with zero attached hydrogens (tertiary/aromatic N) is 2. The summed E-state index contributed by atoms with van der Waals surface area (Å²) in [5, 5.41) is 0. The molecule has 1 aromatic rings. The van der Waals surface area contributed by atoms with Crippen molar-refractivity contribution in [1.29, 1.82) is 0 Å². The molecule has 0 N–H and O–H groups in total. The van der Waals surface area contributed by atoms with E-state index in [1.165, 1.54) is 0 Å². The average molecular weight is 95.9 g/mol. The van der Waals surface area contributed by atoms with E-state index in [0.717, 1.165) is 0 Å². The van der Waals surface area contributed by atoms with Crippen LogP contribution in [0.15, 0.2) is 18.7 Å². The van der Waals surface area contributed by atoms with Gasteiger partial charge in [-0.05, 0) is 0 Å². The van der Waals surface area contributed by atoms with Gasteiger partial charge in [0.25, 0.3) is 0 Å². The third kappa shape index (κ3) is 0.826. The van der Waals surface area contributed by atoms with Crippen LogP contribution in [0.1, 0.15) is 0 Å². The number of imidazole rings is 1. The quantitative estimate of drug-likeness (QED) is 0.345. The zero-order chi connectivity index (χ0) is 5.28. The van der Waals surface area contributed by atoms with Gasteiger partial charge >= 0.3 is 0 Å². The van der Waals surface area contributed by atoms with Crippen molar-refractivity contribution in [2.75, 3.05) is 0 Å². The molecule has 1 heterocycles. The molecule has 0 radical (unpaired) electrons. The van der Waals surface area contributed by atoms with Crippen LogP contribution in [-0.4, -0.2) is 12.5 Å². The van der Waals surface area contributed by atoms with Crippen molar-refractivity contribution in [1.82, 2.24) is 4.57 Å². The van der Waals surface area contributed by atoms with Crippen molar-refractivity contribution < 1.29 is 4.48 Å². The van der Waals surface area contributed by atoms with E-state index in [-0.39, 0.29) is 0 Å². The van der Waals surface area contributed by atoms with Crippen LogP contribution in [0.25, 0.3) is 0 Å². The lowest BCUT2D eigenvalue weighted by atomic mass is 10.4. The van der Waals surface area contributed by atoms with E-state index in [1.54, 1.807) is 0 Å². The standard InChI is InChI=1S/C4H9BN2/c1-6-2-3-7(5)4-6/h2-4H,1,5H3. The van der Waals surface area contributed by atoms with E-state index in [0.29, 0.717) is 7.98 Å². The van der Waals surface area contributed by atoms with E-state index in [4.69, 9.17) is 0 Å². The summed E-state index contributed by atoms with van der Waals surface area (Å²) < 4.78 is 4.31. The molecule has 0 aliphatic rings. The predicted octanol–water partition coefficient (Wildman–Crippen LogP) is -1.56. The van der Waals surface area contributed by atoms with Crippen LogP contribution in [0.3, 0.4) is 0 Å². The summed E-state index contributed by atoms with van der Waals surface area (Å²) in [4.78, 5) is 0. The van der Waals surface area contributed by atoms with Gasteiger partial charge in [-0.3, -0.25) is 0 Å². The molecule has 0 fully saturated rings. The summed E-state index contributed by atoms with van der Waals surface area (Å²) in [6.07, 6.45) is 6.28. The normalized spacial score (nSPS) is 9.43. The van der Waals surface area contributed by atoms with Crippen molar-refractivity contribution in [2.45, 2.75) is 0 Å². The number of hydrogen-bond acceptors (Lipinski definition) is 0. The van der Waals surface area contributed by atoms with Crippen LogP contribution >= 0.6 is 0 Å². The van der Waals surface area contributed by atoms with Crippen molar-refractivity contribution >= 4 is 7.98 Å². The fourth-order valence-corrected chi connectivity index (χ4v) is 0.326. The van der Waals surface area contributed by atoms with Crippen LogP contribution in [0.5, 0.6) is 0 Å². The first-order chi connectivity index (χ1) is 3.29. The second-order valence-corrected chi connectivity index (χ2v) is 1.23. The van der Waals surface area contributed by atoms with Crippen LogP contribution in [0.2, 0.25) is 0 Å². The van der Waals surface area contributed by atoms with Crippen LogP contribution in [0.4, 0.5) is 0 Å². The van der Waals surface area contributed by atoms with E-state index < -0.39 is 0 Å². The fraction of sp³-hybridized carbons (Fsp3) is 0.250. The van der Waals surface area contributed by atoms with E-state index in [9.17, 15) is 0 Å². The van der Waals surface area contributed by atoms with Gasteiger partial charge in [-0.2, -0.15) is 0 Å². The monoisotopic (exact) mass is 96.1 g/mol. The first-order valence-corrected chi connectivity index (χ1v) is 1.81. The Kier molecular flexibility index (Phi) is 0.892. The number of aromatic nitrogens is 2. The topological polar surface area (TPSA) is 8.81 Å². The maximum absolute atomic E-state index is 2.25. The molecule has 0 aliphatic carbocycles. The van der Waals surface area contributed by atoms with Gasteiger partial charge in [0.05, 0.1) is 13.2 Å². The molecule has 0 saturated heterocycles. The Morgan fingerprint density at radius 1 is 1.71 bits per heavy atom. The highest BCUT2D eigenvalue weighted by Crippen LogP contribution is 1.70. The van der Waals surface area contributed by atoms with Gasteiger partial charge in [0.2, 0.25) is 0 Å². The molecule has 0 spiro atoms. The Bertz CT molecular complexity index is 142. The van der Waals surface area contributed by atoms with Crippen LogP contribution in [0, 0.1) is 0 Å². The Balaban J connectivity index is 3.04. The maximum Gasteiger partial charge on any atom is 0.195 e. The van der Waals surface area contributed by atoms with E-state index >= 15 is 0 Å². The molecule has 38 valence electrons. The Hall–Kier alpha value is -0.725. The summed E-state index contributed by atoms with van der Waals surface area (Å²) >= 11 is 0. The molecule has 7 heavy (non-hydrogen) atoms. The second kappa shape index (κ2) is 1.41. The second-order valence-electron chi connectivity index (χ2n) is 1.23. The summed E-state index contributed by atoms with van der Waals surface area (Å²) in [5.74, 6) is 0. The minimum Gasteiger partial charge on any atom is -0.444 e. The highest BCUT2D eigenvalue weighted by Gasteiger charge is 1.82. The molecule has 0 atom stereocenters. The van der Waals surface area contributed by atoms with Gasteiger partial charge in [0, 0.05) is 0 Å². The summed E-state index contributed by atoms with van der Waals surface area (Å²) in [7, 11) is 2.40. The maximum atomic E-state index is 2.25. The molecule has 0 saturated carbocycles. The predicted molar refractivity (Wildman–Crippen MR) is 30.9 cm³/mol. The van der Waals surface area contributed by atoms with Crippen molar-refractivity contribution in [2.24, 2.45) is 7.05 Å². The lowest BCUT2D eigenvalue weighted by molar-refractivity contribution is -0.520. The molecule has 3 heteroatoms. The van der Waals surface area contributed by atoms with Crippen LogP contribution in [-0.2, 0) is 7.05 Å². The van der Waals surface area contributed by atoms with Gasteiger partial charge < -0.3 is 4.48 Å². The number of hydrogen-bond donors (Lipinski definition) is 0. The summed E-state index contributed by atoms with van der Waals surface area (Å²) in [5.41, 5.74) is 0. The van der Waals surface area contributed by atoms with Gasteiger partial charge in [-0.25, -0.2) is 4.57 Å². The van der Waals surface area contributed by atoms with Gasteiger partial charge in [0.1, 0.15) is 14.2 Å². The van der Waals surface area contributed by atoms with Gasteiger partial charge in [-0.1, -0.05) is 0 Å². The van der Waals surface area contributed by atoms with E-state index in [1.807, 2.05) is 7.05 Å². The zero-order valence-electron chi connectivity index (χ0n) is 3.63. The zero-order valence-corrected chi connectivity index (χ0v) is 3.63. The average Bonchev–Trinajstić information content (AvgIpc) is 1.87. The minimum absolute atomic E-state index is 0.363. The lowest BCUT2D eigenvalue weighted by Crippen LogP contribution is -2.27. The van der Waals surface area contributed by atoms with E-state index in [2.05, 4.69) is 27.8 Å². The third-order valence-electron chi connectivity index (χ3n) is 0.637. The molecule has 0 aliphatic heterocycles. The highest BCUT2D eigenvalue weighted by atomic mass is 15.0. The fourth-order valence-electron chi connectivity index (χ4n) is 0.326. The van der Waals surface area contributed by atoms with Crippen LogP contribution < -0.4 is 4.48 Å². The first-order valence-electron chi connectivity index (χ1n) is 1.81. The summed E-state index contributed by atoms with van der Waals surface area (Å²) in [6.45, 7) is 0. The Labute approximate surface area is 43.8 Å². The van der Waals surface area contributed by atoms with Gasteiger partial charge in [-0.15, -0.1) is 0 Å².